The van der Waals surface area contributed by atoms with Crippen LogP contribution in [0.15, 0.2) is 53.6 Å². The third kappa shape index (κ3) is 4.06. The van der Waals surface area contributed by atoms with Gasteiger partial charge in [0, 0.05) is 25.7 Å². The van der Waals surface area contributed by atoms with Crippen LogP contribution >= 0.6 is 0 Å². The van der Waals surface area contributed by atoms with Crippen molar-refractivity contribution in [2.75, 3.05) is 20.2 Å². The van der Waals surface area contributed by atoms with Crippen molar-refractivity contribution in [2.24, 2.45) is 18.9 Å². The Kier molecular flexibility index (Phi) is 5.54. The number of likely N-dealkylation sites (tertiary alicyclic amines) is 1. The summed E-state index contributed by atoms with van der Waals surface area (Å²) in [6.07, 6.45) is 1.87. The number of ether oxygens (including phenoxy) is 2. The molecule has 0 bridgehead atoms. The number of methoxy groups -OCH3 is 1. The van der Waals surface area contributed by atoms with Crippen LogP contribution in [0.2, 0.25) is 0 Å². The second kappa shape index (κ2) is 8.51. The molecule has 0 spiro atoms. The predicted molar refractivity (Wildman–Crippen MR) is 123 cm³/mol. The van der Waals surface area contributed by atoms with Gasteiger partial charge in [0.25, 0.3) is 11.5 Å². The molecule has 1 N–H and O–H groups in total. The Hall–Kier alpha value is -3.39. The summed E-state index contributed by atoms with van der Waals surface area (Å²) < 4.78 is 12.7. The van der Waals surface area contributed by atoms with E-state index in [1.165, 1.54) is 10.9 Å². The summed E-state index contributed by atoms with van der Waals surface area (Å²) in [6.45, 7) is 1.23. The van der Waals surface area contributed by atoms with E-state index in [0.717, 1.165) is 5.75 Å². The summed E-state index contributed by atoms with van der Waals surface area (Å²) in [7, 11) is 3.27. The first-order valence-corrected chi connectivity index (χ1v) is 11.2. The second-order valence-electron chi connectivity index (χ2n) is 8.99. The molecule has 2 aliphatic rings. The average Bonchev–Trinajstić information content (AvgIpc) is 3.24. The molecule has 0 radical (unpaired) electrons. The fourth-order valence-electron chi connectivity index (χ4n) is 5.04. The topological polar surface area (TPSA) is 93.9 Å². The number of nitrogens with zero attached hydrogens (tertiary/aromatic N) is 3. The maximum Gasteiger partial charge on any atom is 0.260 e. The van der Waals surface area contributed by atoms with Crippen molar-refractivity contribution in [2.45, 2.75) is 25.0 Å². The monoisotopic (exact) mass is 449 g/mol. The Morgan fingerprint density at radius 1 is 1.06 bits per heavy atom. The van der Waals surface area contributed by atoms with Crippen molar-refractivity contribution in [1.29, 1.82) is 0 Å². The molecule has 3 aromatic rings. The predicted octanol–water partition coefficient (Wildman–Crippen LogP) is 2.23. The first-order chi connectivity index (χ1) is 15.9. The largest absolute Gasteiger partial charge is 0.497 e. The zero-order valence-electron chi connectivity index (χ0n) is 18.7. The molecule has 33 heavy (non-hydrogen) atoms. The molecule has 5 rings (SSSR count). The van der Waals surface area contributed by atoms with E-state index in [9.17, 15) is 14.7 Å². The van der Waals surface area contributed by atoms with E-state index < -0.39 is 6.10 Å². The highest BCUT2D eigenvalue weighted by Gasteiger charge is 2.44. The van der Waals surface area contributed by atoms with Gasteiger partial charge in [-0.25, -0.2) is 4.98 Å². The molecule has 2 aromatic carbocycles. The highest BCUT2D eigenvalue weighted by molar-refractivity contribution is 5.97. The van der Waals surface area contributed by atoms with Gasteiger partial charge in [-0.2, -0.15) is 0 Å². The highest BCUT2D eigenvalue weighted by atomic mass is 16.5. The summed E-state index contributed by atoms with van der Waals surface area (Å²) in [6, 6.07) is 12.4. The molecule has 1 saturated carbocycles. The number of fused-ring (bicyclic) bond motifs is 2. The summed E-state index contributed by atoms with van der Waals surface area (Å²) in [4.78, 5) is 31.6. The van der Waals surface area contributed by atoms with Gasteiger partial charge in [-0.3, -0.25) is 9.59 Å². The van der Waals surface area contributed by atoms with E-state index in [2.05, 4.69) is 4.98 Å². The third-order valence-electron chi connectivity index (χ3n) is 6.88. The first-order valence-electron chi connectivity index (χ1n) is 11.2. The summed E-state index contributed by atoms with van der Waals surface area (Å²) in [5.41, 5.74) is 0.903. The van der Waals surface area contributed by atoms with Gasteiger partial charge in [-0.1, -0.05) is 0 Å². The first kappa shape index (κ1) is 21.5. The highest BCUT2D eigenvalue weighted by Crippen LogP contribution is 2.38. The Labute approximate surface area is 191 Å². The molecule has 1 amide bonds. The van der Waals surface area contributed by atoms with Gasteiger partial charge in [0.2, 0.25) is 0 Å². The van der Waals surface area contributed by atoms with E-state index in [1.54, 1.807) is 32.4 Å². The summed E-state index contributed by atoms with van der Waals surface area (Å²) >= 11 is 0. The van der Waals surface area contributed by atoms with Gasteiger partial charge < -0.3 is 24.0 Å². The van der Waals surface area contributed by atoms with Crippen LogP contribution in [0.3, 0.4) is 0 Å². The van der Waals surface area contributed by atoms with E-state index in [-0.39, 0.29) is 29.4 Å². The van der Waals surface area contributed by atoms with Crippen LogP contribution < -0.4 is 15.0 Å². The molecule has 8 heteroatoms. The van der Waals surface area contributed by atoms with Gasteiger partial charge in [0.15, 0.2) is 0 Å². The molecule has 172 valence electrons. The number of carbonyl (C=O) groups excluding carboxylic acids is 1. The molecule has 1 aliphatic carbocycles. The van der Waals surface area contributed by atoms with Gasteiger partial charge in [-0.15, -0.1) is 0 Å². The lowest BCUT2D eigenvalue weighted by atomic mass is 9.78. The van der Waals surface area contributed by atoms with Crippen LogP contribution in [-0.2, 0) is 7.05 Å². The zero-order chi connectivity index (χ0) is 23.1. The second-order valence-corrected chi connectivity index (χ2v) is 8.99. The Balaban J connectivity index is 1.28. The molecule has 1 saturated heterocycles. The SMILES string of the molecule is COc1ccc(O[C@@H]2C[C@@H]3CN(C(=O)c4ccc5c(=O)n(C)cnc5c4)C[C@@H]3C[C@H]2O)cc1. The van der Waals surface area contributed by atoms with Gasteiger partial charge in [0.05, 0.1) is 30.4 Å². The Bertz CT molecular complexity index is 1240. The van der Waals surface area contributed by atoms with Crippen LogP contribution in [-0.4, -0.2) is 57.9 Å². The number of hydrogen-bond donors (Lipinski definition) is 1. The molecule has 0 unspecified atom stereocenters. The fourth-order valence-corrected chi connectivity index (χ4v) is 5.04. The van der Waals surface area contributed by atoms with E-state index in [4.69, 9.17) is 9.47 Å². The molecule has 2 fully saturated rings. The zero-order valence-corrected chi connectivity index (χ0v) is 18.7. The van der Waals surface area contributed by atoms with E-state index in [1.807, 2.05) is 29.2 Å². The minimum Gasteiger partial charge on any atom is -0.497 e. The number of amides is 1. The van der Waals surface area contributed by atoms with E-state index >= 15 is 0 Å². The van der Waals surface area contributed by atoms with Crippen LogP contribution in [0.5, 0.6) is 11.5 Å². The normalized spacial score (nSPS) is 24.5. The molecule has 4 atom stereocenters. The number of hydrogen-bond acceptors (Lipinski definition) is 6. The van der Waals surface area contributed by atoms with E-state index in [0.29, 0.717) is 48.1 Å². The lowest BCUT2D eigenvalue weighted by Gasteiger charge is -2.35. The summed E-state index contributed by atoms with van der Waals surface area (Å²) in [5.74, 6) is 1.88. The smallest absolute Gasteiger partial charge is 0.260 e. The lowest BCUT2D eigenvalue weighted by molar-refractivity contribution is -0.0231. The van der Waals surface area contributed by atoms with Crippen molar-refractivity contribution in [1.82, 2.24) is 14.5 Å². The minimum atomic E-state index is -0.579. The molecule has 1 aliphatic heterocycles. The fraction of sp³-hybridized carbons (Fsp3) is 0.400. The minimum absolute atomic E-state index is 0.0733. The van der Waals surface area contributed by atoms with Crippen molar-refractivity contribution in [3.63, 3.8) is 0 Å². The number of aliphatic hydroxyl groups is 1. The molecule has 8 nitrogen and oxygen atoms in total. The van der Waals surface area contributed by atoms with Crippen LogP contribution in [0.1, 0.15) is 23.2 Å². The molecular formula is C25H27N3O5. The van der Waals surface area contributed by atoms with Crippen molar-refractivity contribution < 1.29 is 19.4 Å². The van der Waals surface area contributed by atoms with Crippen LogP contribution in [0.4, 0.5) is 0 Å². The number of aliphatic hydroxyl groups excluding tert-OH is 1. The van der Waals surface area contributed by atoms with Gasteiger partial charge in [-0.05, 0) is 67.1 Å². The number of benzene rings is 2. The van der Waals surface area contributed by atoms with Crippen LogP contribution in [0.25, 0.3) is 10.9 Å². The average molecular weight is 450 g/mol. The molecule has 1 aromatic heterocycles. The summed E-state index contributed by atoms with van der Waals surface area (Å²) in [5, 5.41) is 11.2. The van der Waals surface area contributed by atoms with Crippen molar-refractivity contribution in [3.8, 4) is 11.5 Å². The van der Waals surface area contributed by atoms with Crippen LogP contribution in [0, 0.1) is 11.8 Å². The lowest BCUT2D eigenvalue weighted by Crippen LogP contribution is -2.42. The molecule has 2 heterocycles. The van der Waals surface area contributed by atoms with Gasteiger partial charge in [0.1, 0.15) is 17.6 Å². The van der Waals surface area contributed by atoms with Gasteiger partial charge >= 0.3 is 0 Å². The maximum absolute atomic E-state index is 13.2. The number of carbonyl (C=O) groups is 1. The third-order valence-corrected chi connectivity index (χ3v) is 6.88. The number of aromatic nitrogens is 2. The maximum atomic E-state index is 13.2. The quantitative estimate of drug-likeness (QED) is 0.657. The molecular weight excluding hydrogens is 422 g/mol. The Morgan fingerprint density at radius 2 is 1.76 bits per heavy atom. The van der Waals surface area contributed by atoms with Crippen molar-refractivity contribution >= 4 is 16.8 Å². The standard InChI is InChI=1S/C25H27N3O5/c1-27-14-26-21-9-15(3-8-20(21)25(27)31)24(30)28-12-16-10-22(29)23(11-17(16)13-28)33-19-6-4-18(32-2)5-7-19/h3-9,14,16-17,22-23,29H,10-13H2,1-2H3/t16-,17+,22+,23+/m0/s1. The Morgan fingerprint density at radius 3 is 2.48 bits per heavy atom. The number of rotatable bonds is 4. The van der Waals surface area contributed by atoms with Crippen molar-refractivity contribution in [3.05, 3.63) is 64.7 Å². The number of aryl methyl sites for hydroxylation is 1.